The number of aromatic nitrogens is 1. The van der Waals surface area contributed by atoms with E-state index in [2.05, 4.69) is 58.5 Å². The molecule has 1 aromatic heterocycles. The molecule has 1 saturated heterocycles. The number of benzene rings is 2. The van der Waals surface area contributed by atoms with Crippen LogP contribution in [-0.2, 0) is 6.54 Å². The molecular formula is C24H26N4O. The Balaban J connectivity index is 1.36. The normalized spacial score (nSPS) is 14.0. The maximum Gasteiger partial charge on any atom is 0.255 e. The highest BCUT2D eigenvalue weighted by atomic mass is 16.2. The monoisotopic (exact) mass is 386 g/mol. The lowest BCUT2D eigenvalue weighted by Gasteiger charge is -2.36. The summed E-state index contributed by atoms with van der Waals surface area (Å²) in [6.07, 6.45) is 3.42. The fourth-order valence-corrected chi connectivity index (χ4v) is 3.67. The van der Waals surface area contributed by atoms with Crippen molar-refractivity contribution in [3.8, 4) is 0 Å². The maximum absolute atomic E-state index is 13.0. The Morgan fingerprint density at radius 2 is 1.76 bits per heavy atom. The summed E-state index contributed by atoms with van der Waals surface area (Å²) in [6, 6.07) is 20.6. The van der Waals surface area contributed by atoms with E-state index in [1.165, 1.54) is 16.8 Å². The number of piperazine rings is 1. The van der Waals surface area contributed by atoms with E-state index in [1.54, 1.807) is 12.4 Å². The van der Waals surface area contributed by atoms with Crippen molar-refractivity contribution < 1.29 is 4.79 Å². The van der Waals surface area contributed by atoms with Crippen molar-refractivity contribution in [1.82, 2.24) is 9.88 Å². The number of nitrogens with zero attached hydrogens (tertiary/aromatic N) is 3. The summed E-state index contributed by atoms with van der Waals surface area (Å²) in [5.41, 5.74) is 5.15. The molecule has 4 rings (SSSR count). The van der Waals surface area contributed by atoms with E-state index < -0.39 is 0 Å². The molecule has 1 N–H and O–H groups in total. The topological polar surface area (TPSA) is 48.5 Å². The molecule has 1 amide bonds. The number of carbonyl (C=O) groups excluding carboxylic acids is 1. The quantitative estimate of drug-likeness (QED) is 0.721. The summed E-state index contributed by atoms with van der Waals surface area (Å²) >= 11 is 0. The fourth-order valence-electron chi connectivity index (χ4n) is 3.67. The van der Waals surface area contributed by atoms with Crippen LogP contribution in [0.3, 0.4) is 0 Å². The fraction of sp³-hybridized carbons (Fsp3) is 0.250. The summed E-state index contributed by atoms with van der Waals surface area (Å²) in [5, 5.41) is 3.37. The Hall–Kier alpha value is -3.34. The van der Waals surface area contributed by atoms with Crippen LogP contribution in [0.2, 0.25) is 0 Å². The highest BCUT2D eigenvalue weighted by Gasteiger charge is 2.22. The number of aryl methyl sites for hydroxylation is 1. The third-order valence-corrected chi connectivity index (χ3v) is 5.25. The summed E-state index contributed by atoms with van der Waals surface area (Å²) in [4.78, 5) is 21.5. The van der Waals surface area contributed by atoms with E-state index in [1.807, 2.05) is 29.2 Å². The third kappa shape index (κ3) is 4.74. The highest BCUT2D eigenvalue weighted by molar-refractivity contribution is 5.95. The lowest BCUT2D eigenvalue weighted by Crippen LogP contribution is -2.48. The van der Waals surface area contributed by atoms with Gasteiger partial charge in [0.05, 0.1) is 11.3 Å². The molecule has 1 fully saturated rings. The van der Waals surface area contributed by atoms with Gasteiger partial charge in [-0.2, -0.15) is 0 Å². The van der Waals surface area contributed by atoms with Crippen molar-refractivity contribution in [2.24, 2.45) is 0 Å². The summed E-state index contributed by atoms with van der Waals surface area (Å²) in [6.45, 7) is 5.91. The van der Waals surface area contributed by atoms with Gasteiger partial charge in [0.25, 0.3) is 5.91 Å². The van der Waals surface area contributed by atoms with Crippen molar-refractivity contribution in [3.63, 3.8) is 0 Å². The van der Waals surface area contributed by atoms with E-state index in [4.69, 9.17) is 0 Å². The van der Waals surface area contributed by atoms with Gasteiger partial charge in [-0.05, 0) is 30.7 Å². The average Bonchev–Trinajstić information content (AvgIpc) is 2.78. The smallest absolute Gasteiger partial charge is 0.255 e. The molecule has 0 unspecified atom stereocenters. The van der Waals surface area contributed by atoms with Gasteiger partial charge in [-0.15, -0.1) is 0 Å². The molecule has 148 valence electrons. The van der Waals surface area contributed by atoms with Crippen LogP contribution >= 0.6 is 0 Å². The van der Waals surface area contributed by atoms with Gasteiger partial charge in [0, 0.05) is 50.8 Å². The second kappa shape index (κ2) is 8.78. The van der Waals surface area contributed by atoms with Crippen LogP contribution in [-0.4, -0.2) is 42.0 Å². The molecule has 1 aliphatic rings. The maximum atomic E-state index is 13.0. The Kier molecular flexibility index (Phi) is 5.75. The Morgan fingerprint density at radius 1 is 0.966 bits per heavy atom. The first-order valence-corrected chi connectivity index (χ1v) is 10.0. The Labute approximate surface area is 172 Å². The number of pyridine rings is 1. The van der Waals surface area contributed by atoms with Gasteiger partial charge < -0.3 is 15.1 Å². The molecule has 0 saturated carbocycles. The first kappa shape index (κ1) is 19.0. The van der Waals surface area contributed by atoms with E-state index in [0.29, 0.717) is 25.2 Å². The van der Waals surface area contributed by atoms with E-state index in [-0.39, 0.29) is 5.91 Å². The van der Waals surface area contributed by atoms with Gasteiger partial charge in [-0.1, -0.05) is 48.0 Å². The Morgan fingerprint density at radius 3 is 2.52 bits per heavy atom. The zero-order valence-electron chi connectivity index (χ0n) is 16.7. The van der Waals surface area contributed by atoms with Gasteiger partial charge in [0.15, 0.2) is 0 Å². The minimum atomic E-state index is 0.0458. The van der Waals surface area contributed by atoms with Crippen molar-refractivity contribution in [3.05, 3.63) is 89.7 Å². The predicted molar refractivity (Wildman–Crippen MR) is 117 cm³/mol. The summed E-state index contributed by atoms with van der Waals surface area (Å²) < 4.78 is 0. The molecule has 0 radical (unpaired) electrons. The first-order chi connectivity index (χ1) is 14.2. The van der Waals surface area contributed by atoms with E-state index in [0.717, 1.165) is 18.8 Å². The molecule has 5 heteroatoms. The summed E-state index contributed by atoms with van der Waals surface area (Å²) in [7, 11) is 0. The zero-order chi connectivity index (χ0) is 20.1. The predicted octanol–water partition coefficient (Wildman–Crippen LogP) is 3.96. The number of hydrogen-bond acceptors (Lipinski definition) is 4. The number of carbonyl (C=O) groups is 1. The lowest BCUT2D eigenvalue weighted by molar-refractivity contribution is 0.0746. The molecule has 0 bridgehead atoms. The molecule has 5 nitrogen and oxygen atoms in total. The van der Waals surface area contributed by atoms with Crippen molar-refractivity contribution >= 4 is 17.3 Å². The van der Waals surface area contributed by atoms with Crippen LogP contribution in [0.1, 0.15) is 21.5 Å². The van der Waals surface area contributed by atoms with Gasteiger partial charge in [-0.25, -0.2) is 0 Å². The molecule has 2 heterocycles. The number of rotatable bonds is 5. The first-order valence-electron chi connectivity index (χ1n) is 10.0. The Bertz CT molecular complexity index is 965. The van der Waals surface area contributed by atoms with Crippen LogP contribution in [0.5, 0.6) is 0 Å². The van der Waals surface area contributed by atoms with Crippen LogP contribution in [0.15, 0.2) is 73.1 Å². The molecule has 3 aromatic rings. The molecule has 0 spiro atoms. The zero-order valence-corrected chi connectivity index (χ0v) is 16.7. The SMILES string of the molecule is Cc1cccc(CNc2cncc(C(=O)N3CCN(c4ccccc4)CC3)c2)c1. The van der Waals surface area contributed by atoms with Gasteiger partial charge in [-0.3, -0.25) is 9.78 Å². The number of nitrogens with one attached hydrogen (secondary N) is 1. The van der Waals surface area contributed by atoms with Gasteiger partial charge in [0.1, 0.15) is 0 Å². The van der Waals surface area contributed by atoms with Crippen molar-refractivity contribution in [2.45, 2.75) is 13.5 Å². The molecule has 1 aliphatic heterocycles. The van der Waals surface area contributed by atoms with Gasteiger partial charge >= 0.3 is 0 Å². The summed E-state index contributed by atoms with van der Waals surface area (Å²) in [5.74, 6) is 0.0458. The van der Waals surface area contributed by atoms with Crippen molar-refractivity contribution in [1.29, 1.82) is 0 Å². The third-order valence-electron chi connectivity index (χ3n) is 5.25. The van der Waals surface area contributed by atoms with Gasteiger partial charge in [0.2, 0.25) is 0 Å². The van der Waals surface area contributed by atoms with E-state index in [9.17, 15) is 4.79 Å². The number of para-hydroxylation sites is 1. The molecular weight excluding hydrogens is 360 g/mol. The number of anilines is 2. The van der Waals surface area contributed by atoms with Crippen LogP contribution in [0.4, 0.5) is 11.4 Å². The highest BCUT2D eigenvalue weighted by Crippen LogP contribution is 2.18. The standard InChI is InChI=1S/C24H26N4O/c1-19-6-5-7-20(14-19)16-26-22-15-21(17-25-18-22)24(29)28-12-10-27(11-13-28)23-8-3-2-4-9-23/h2-9,14-15,17-18,26H,10-13,16H2,1H3. The molecule has 0 aliphatic carbocycles. The minimum absolute atomic E-state index is 0.0458. The largest absolute Gasteiger partial charge is 0.380 e. The second-order valence-electron chi connectivity index (χ2n) is 7.42. The van der Waals surface area contributed by atoms with E-state index >= 15 is 0 Å². The van der Waals surface area contributed by atoms with Crippen LogP contribution in [0.25, 0.3) is 0 Å². The van der Waals surface area contributed by atoms with Crippen LogP contribution < -0.4 is 10.2 Å². The lowest BCUT2D eigenvalue weighted by atomic mass is 10.1. The molecule has 29 heavy (non-hydrogen) atoms. The number of amides is 1. The average molecular weight is 386 g/mol. The minimum Gasteiger partial charge on any atom is -0.380 e. The molecule has 2 aromatic carbocycles. The van der Waals surface area contributed by atoms with Crippen molar-refractivity contribution in [2.75, 3.05) is 36.4 Å². The van der Waals surface area contributed by atoms with Crippen LogP contribution in [0, 0.1) is 6.92 Å². The number of hydrogen-bond donors (Lipinski definition) is 1. The molecule has 0 atom stereocenters. The second-order valence-corrected chi connectivity index (χ2v) is 7.42.